The number of ether oxygens (including phenoxy) is 3. The average molecular weight is 332 g/mol. The van der Waals surface area contributed by atoms with Gasteiger partial charge >= 0.3 is 11.9 Å². The molecule has 0 aromatic heterocycles. The van der Waals surface area contributed by atoms with Crippen LogP contribution in [0.25, 0.3) is 0 Å². The van der Waals surface area contributed by atoms with Crippen molar-refractivity contribution in [1.82, 2.24) is 0 Å². The Morgan fingerprint density at radius 1 is 1.17 bits per heavy atom. The molecule has 120 valence electrons. The zero-order valence-electron chi connectivity index (χ0n) is 12.8. The van der Waals surface area contributed by atoms with E-state index in [9.17, 15) is 9.59 Å². The summed E-state index contributed by atoms with van der Waals surface area (Å²) in [4.78, 5) is 23.9. The molecule has 1 unspecified atom stereocenters. The van der Waals surface area contributed by atoms with E-state index in [1.165, 1.54) is 14.2 Å². The van der Waals surface area contributed by atoms with Crippen LogP contribution in [-0.4, -0.2) is 31.0 Å². The van der Waals surface area contributed by atoms with Gasteiger partial charge in [-0.25, -0.2) is 4.79 Å². The van der Waals surface area contributed by atoms with Crippen molar-refractivity contribution in [2.24, 2.45) is 5.92 Å². The standard InChI is InChI=1S/C17H16O5S/c1-20-13-7-8-14(15(23)9-13)17(19)22-10-11-3-5-12(6-4-11)16(18)21-2/h3-9,14H,10H2,1-2H3. The number of esters is 2. The molecule has 1 aliphatic rings. The lowest BCUT2D eigenvalue weighted by atomic mass is 10.00. The van der Waals surface area contributed by atoms with Gasteiger partial charge in [0.1, 0.15) is 18.3 Å². The molecule has 0 saturated heterocycles. The van der Waals surface area contributed by atoms with E-state index in [1.807, 2.05) is 0 Å². The van der Waals surface area contributed by atoms with Gasteiger partial charge in [-0.05, 0) is 29.8 Å². The van der Waals surface area contributed by atoms with Crippen LogP contribution in [0.4, 0.5) is 0 Å². The van der Waals surface area contributed by atoms with Crippen LogP contribution in [-0.2, 0) is 25.6 Å². The van der Waals surface area contributed by atoms with Crippen LogP contribution in [0.1, 0.15) is 15.9 Å². The van der Waals surface area contributed by atoms with Gasteiger partial charge in [0.15, 0.2) is 0 Å². The van der Waals surface area contributed by atoms with E-state index >= 15 is 0 Å². The normalized spacial score (nSPS) is 16.5. The number of benzene rings is 1. The molecule has 0 spiro atoms. The summed E-state index contributed by atoms with van der Waals surface area (Å²) < 4.78 is 14.9. The van der Waals surface area contributed by atoms with E-state index in [1.54, 1.807) is 42.5 Å². The maximum atomic E-state index is 12.1. The van der Waals surface area contributed by atoms with Crippen LogP contribution in [0.2, 0.25) is 0 Å². The Kier molecular flexibility index (Phi) is 5.65. The van der Waals surface area contributed by atoms with Crippen molar-refractivity contribution in [2.75, 3.05) is 14.2 Å². The van der Waals surface area contributed by atoms with Gasteiger partial charge in [0.25, 0.3) is 0 Å². The first kappa shape index (κ1) is 16.9. The molecular formula is C17H16O5S. The van der Waals surface area contributed by atoms with Gasteiger partial charge in [0.2, 0.25) is 0 Å². The zero-order valence-corrected chi connectivity index (χ0v) is 13.6. The molecule has 0 amide bonds. The van der Waals surface area contributed by atoms with E-state index in [4.69, 9.17) is 21.7 Å². The molecule has 5 nitrogen and oxygen atoms in total. The van der Waals surface area contributed by atoms with Gasteiger partial charge in [-0.2, -0.15) is 0 Å². The first-order chi connectivity index (χ1) is 11.0. The molecule has 6 heteroatoms. The van der Waals surface area contributed by atoms with Crippen molar-refractivity contribution >= 4 is 29.0 Å². The van der Waals surface area contributed by atoms with Gasteiger partial charge in [-0.3, -0.25) is 4.79 Å². The van der Waals surface area contributed by atoms with Gasteiger partial charge < -0.3 is 14.2 Å². The van der Waals surface area contributed by atoms with Gasteiger partial charge in [-0.1, -0.05) is 30.4 Å². The largest absolute Gasteiger partial charge is 0.497 e. The maximum Gasteiger partial charge on any atom is 0.337 e. The fourth-order valence-corrected chi connectivity index (χ4v) is 2.28. The van der Waals surface area contributed by atoms with Crippen molar-refractivity contribution in [1.29, 1.82) is 0 Å². The highest BCUT2D eigenvalue weighted by Gasteiger charge is 2.24. The Morgan fingerprint density at radius 2 is 1.87 bits per heavy atom. The number of allylic oxidation sites excluding steroid dienone is 2. The smallest absolute Gasteiger partial charge is 0.337 e. The van der Waals surface area contributed by atoms with Crippen LogP contribution in [0.5, 0.6) is 0 Å². The molecule has 1 aromatic carbocycles. The Hall–Kier alpha value is -2.47. The number of carbonyl (C=O) groups is 2. The van der Waals surface area contributed by atoms with Crippen LogP contribution < -0.4 is 0 Å². The first-order valence-electron chi connectivity index (χ1n) is 6.86. The van der Waals surface area contributed by atoms with Crippen molar-refractivity contribution in [3.8, 4) is 0 Å². The molecule has 0 saturated carbocycles. The third kappa shape index (κ3) is 4.26. The summed E-state index contributed by atoms with van der Waals surface area (Å²) in [5.74, 6) is -0.808. The summed E-state index contributed by atoms with van der Waals surface area (Å²) in [6.45, 7) is 0.105. The molecule has 1 aliphatic carbocycles. The topological polar surface area (TPSA) is 61.8 Å². The number of hydrogen-bond acceptors (Lipinski definition) is 6. The van der Waals surface area contributed by atoms with Crippen LogP contribution in [0.3, 0.4) is 0 Å². The molecule has 0 aliphatic heterocycles. The molecule has 1 atom stereocenters. The number of hydrogen-bond donors (Lipinski definition) is 0. The quantitative estimate of drug-likeness (QED) is 0.610. The predicted octanol–water partition coefficient (Wildman–Crippen LogP) is 2.60. The number of methoxy groups -OCH3 is 2. The second-order valence-corrected chi connectivity index (χ2v) is 5.26. The van der Waals surface area contributed by atoms with Crippen LogP contribution in [0.15, 0.2) is 48.3 Å². The molecule has 0 heterocycles. The van der Waals surface area contributed by atoms with Gasteiger partial charge in [0, 0.05) is 4.86 Å². The minimum absolute atomic E-state index is 0.105. The maximum absolute atomic E-state index is 12.1. The van der Waals surface area contributed by atoms with Gasteiger partial charge in [-0.15, -0.1) is 0 Å². The fourth-order valence-electron chi connectivity index (χ4n) is 1.98. The fraction of sp³-hybridized carbons (Fsp3) is 0.235. The molecular weight excluding hydrogens is 316 g/mol. The Balaban J connectivity index is 1.92. The van der Waals surface area contributed by atoms with E-state index < -0.39 is 17.9 Å². The van der Waals surface area contributed by atoms with Crippen molar-refractivity contribution in [3.63, 3.8) is 0 Å². The van der Waals surface area contributed by atoms with Crippen molar-refractivity contribution in [3.05, 3.63) is 59.4 Å². The minimum atomic E-state index is -0.585. The zero-order chi connectivity index (χ0) is 16.8. The molecule has 0 radical (unpaired) electrons. The summed E-state index contributed by atoms with van der Waals surface area (Å²) in [5.41, 5.74) is 1.21. The van der Waals surface area contributed by atoms with E-state index in [-0.39, 0.29) is 6.61 Å². The van der Waals surface area contributed by atoms with Crippen molar-refractivity contribution in [2.45, 2.75) is 6.61 Å². The second kappa shape index (κ2) is 7.69. The van der Waals surface area contributed by atoms with Crippen LogP contribution in [0, 0.1) is 5.92 Å². The summed E-state index contributed by atoms with van der Waals surface area (Å²) in [5, 5.41) is 0. The lowest BCUT2D eigenvalue weighted by molar-refractivity contribution is -0.146. The van der Waals surface area contributed by atoms with E-state index in [0.717, 1.165) is 5.56 Å². The number of rotatable bonds is 5. The van der Waals surface area contributed by atoms with E-state index in [2.05, 4.69) is 4.74 Å². The highest BCUT2D eigenvalue weighted by molar-refractivity contribution is 7.80. The highest BCUT2D eigenvalue weighted by atomic mass is 32.1. The summed E-state index contributed by atoms with van der Waals surface area (Å²) in [7, 11) is 2.86. The molecule has 1 aromatic rings. The van der Waals surface area contributed by atoms with Crippen molar-refractivity contribution < 1.29 is 23.8 Å². The summed E-state index contributed by atoms with van der Waals surface area (Å²) in [6.07, 6.45) is 4.98. The van der Waals surface area contributed by atoms with Crippen LogP contribution >= 0.6 is 12.2 Å². The summed E-state index contributed by atoms with van der Waals surface area (Å²) >= 11 is 5.18. The second-order valence-electron chi connectivity index (χ2n) is 4.79. The number of thiocarbonyl (C=S) groups is 1. The molecule has 2 rings (SSSR count). The Labute approximate surface area is 139 Å². The van der Waals surface area contributed by atoms with E-state index in [0.29, 0.717) is 16.2 Å². The number of carbonyl (C=O) groups excluding carboxylic acids is 2. The molecule has 23 heavy (non-hydrogen) atoms. The molecule has 0 bridgehead atoms. The van der Waals surface area contributed by atoms with Gasteiger partial charge in [0.05, 0.1) is 19.8 Å². The third-order valence-electron chi connectivity index (χ3n) is 3.29. The minimum Gasteiger partial charge on any atom is -0.497 e. The molecule has 0 fully saturated rings. The molecule has 0 N–H and O–H groups in total. The first-order valence-corrected chi connectivity index (χ1v) is 7.27. The average Bonchev–Trinajstić information content (AvgIpc) is 2.59. The SMILES string of the molecule is COC(=O)c1ccc(COC(=O)C2C=CC(OC)=CC2=S)cc1. The third-order valence-corrected chi connectivity index (χ3v) is 3.66. The predicted molar refractivity (Wildman–Crippen MR) is 87.9 cm³/mol. The summed E-state index contributed by atoms with van der Waals surface area (Å²) in [6, 6.07) is 6.65. The lowest BCUT2D eigenvalue weighted by Crippen LogP contribution is -2.24. The highest BCUT2D eigenvalue weighted by Crippen LogP contribution is 2.17. The Morgan fingerprint density at radius 3 is 2.43 bits per heavy atom. The monoisotopic (exact) mass is 332 g/mol. The lowest BCUT2D eigenvalue weighted by Gasteiger charge is -2.16. The Bertz CT molecular complexity index is 673.